The molecule has 0 amide bonds. The van der Waals surface area contributed by atoms with Crippen molar-refractivity contribution in [3.63, 3.8) is 0 Å². The first-order valence-electron chi connectivity index (χ1n) is 12.1. The molecular weight excluding hydrogens is 429 g/mol. The van der Waals surface area contributed by atoms with Crippen LogP contribution in [0.4, 0.5) is 15.8 Å². The molecule has 2 heterocycles. The van der Waals surface area contributed by atoms with Crippen LogP contribution < -0.4 is 15.4 Å². The van der Waals surface area contributed by atoms with Gasteiger partial charge in [-0.1, -0.05) is 6.07 Å². The fourth-order valence-corrected chi connectivity index (χ4v) is 5.30. The van der Waals surface area contributed by atoms with E-state index in [1.165, 1.54) is 18.9 Å². The van der Waals surface area contributed by atoms with Crippen LogP contribution in [0.2, 0.25) is 0 Å². The molecule has 2 aromatic heterocycles. The molecule has 1 aromatic carbocycles. The molecule has 0 saturated heterocycles. The minimum atomic E-state index is -0.187. The molecule has 0 unspecified atom stereocenters. The van der Waals surface area contributed by atoms with Gasteiger partial charge in [0.1, 0.15) is 23.1 Å². The topological polar surface area (TPSA) is 65.2 Å². The summed E-state index contributed by atoms with van der Waals surface area (Å²) in [5, 5.41) is 9.34. The molecule has 2 aliphatic rings. The van der Waals surface area contributed by atoms with E-state index in [2.05, 4.69) is 20.9 Å². The smallest absolute Gasteiger partial charge is 0.252 e. The number of nitrogens with zero attached hydrogens (tertiary/aromatic N) is 5. The zero-order chi connectivity index (χ0) is 23.8. The second-order valence-electron chi connectivity index (χ2n) is 9.75. The average molecular weight is 460 g/mol. The lowest BCUT2D eigenvalue weighted by atomic mass is 9.88. The molecule has 2 saturated carbocycles. The lowest BCUT2D eigenvalue weighted by molar-refractivity contribution is 0.365. The van der Waals surface area contributed by atoms with E-state index >= 15 is 0 Å². The molecule has 0 spiro atoms. The van der Waals surface area contributed by atoms with Crippen molar-refractivity contribution in [2.24, 2.45) is 13.0 Å². The summed E-state index contributed by atoms with van der Waals surface area (Å²) in [4.78, 5) is 21.8. The Bertz CT molecular complexity index is 1300. The molecule has 3 aromatic rings. The highest BCUT2D eigenvalue weighted by atomic mass is 19.1. The SMILES string of the molecule is Cn1c(=O)cc(N(C)[C@H]2CC[C@@H](N(CC3CC3)c3cccc(F)c3)CC2)c2nc(C#N)ccc21. The summed E-state index contributed by atoms with van der Waals surface area (Å²) in [6.45, 7) is 0.995. The van der Waals surface area contributed by atoms with Gasteiger partial charge in [0.05, 0.1) is 11.2 Å². The van der Waals surface area contributed by atoms with Crippen molar-refractivity contribution in [3.05, 3.63) is 64.3 Å². The Morgan fingerprint density at radius 1 is 1.09 bits per heavy atom. The van der Waals surface area contributed by atoms with E-state index in [-0.39, 0.29) is 17.4 Å². The first-order valence-corrected chi connectivity index (χ1v) is 12.1. The minimum Gasteiger partial charge on any atom is -0.370 e. The molecular formula is C27H30FN5O. The molecule has 0 aliphatic heterocycles. The lowest BCUT2D eigenvalue weighted by Gasteiger charge is -2.41. The van der Waals surface area contributed by atoms with E-state index in [9.17, 15) is 14.4 Å². The fourth-order valence-electron chi connectivity index (χ4n) is 5.30. The number of benzene rings is 1. The Labute approximate surface area is 199 Å². The van der Waals surface area contributed by atoms with Crippen molar-refractivity contribution in [2.75, 3.05) is 23.4 Å². The highest BCUT2D eigenvalue weighted by Crippen LogP contribution is 2.37. The highest BCUT2D eigenvalue weighted by Gasteiger charge is 2.32. The average Bonchev–Trinajstić information content (AvgIpc) is 3.68. The molecule has 6 nitrogen and oxygen atoms in total. The van der Waals surface area contributed by atoms with Crippen molar-refractivity contribution in [1.82, 2.24) is 9.55 Å². The van der Waals surface area contributed by atoms with E-state index in [4.69, 9.17) is 0 Å². The third-order valence-corrected chi connectivity index (χ3v) is 7.51. The van der Waals surface area contributed by atoms with E-state index in [0.717, 1.165) is 55.0 Å². The number of pyridine rings is 2. The maximum absolute atomic E-state index is 14.0. The largest absolute Gasteiger partial charge is 0.370 e. The molecule has 7 heteroatoms. The van der Waals surface area contributed by atoms with Crippen LogP contribution >= 0.6 is 0 Å². The van der Waals surface area contributed by atoms with Crippen molar-refractivity contribution in [3.8, 4) is 6.07 Å². The van der Waals surface area contributed by atoms with Crippen LogP contribution in [0.1, 0.15) is 44.2 Å². The van der Waals surface area contributed by atoms with Gasteiger partial charge in [0, 0.05) is 44.5 Å². The van der Waals surface area contributed by atoms with Gasteiger partial charge in [-0.05, 0) is 74.8 Å². The molecule has 176 valence electrons. The first-order chi connectivity index (χ1) is 16.4. The van der Waals surface area contributed by atoms with E-state index < -0.39 is 0 Å². The Morgan fingerprint density at radius 3 is 2.50 bits per heavy atom. The number of nitriles is 1. The van der Waals surface area contributed by atoms with Gasteiger partial charge in [-0.2, -0.15) is 5.26 Å². The molecule has 2 fully saturated rings. The van der Waals surface area contributed by atoms with Gasteiger partial charge in [0.2, 0.25) is 0 Å². The Balaban J connectivity index is 1.37. The number of anilines is 2. The number of fused-ring (bicyclic) bond motifs is 1. The van der Waals surface area contributed by atoms with E-state index in [1.807, 2.05) is 13.1 Å². The van der Waals surface area contributed by atoms with Crippen molar-refractivity contribution >= 4 is 22.4 Å². The maximum atomic E-state index is 14.0. The summed E-state index contributed by atoms with van der Waals surface area (Å²) in [7, 11) is 3.75. The number of aryl methyl sites for hydroxylation is 1. The first kappa shape index (κ1) is 22.4. The van der Waals surface area contributed by atoms with Gasteiger partial charge >= 0.3 is 0 Å². The second kappa shape index (κ2) is 9.09. The summed E-state index contributed by atoms with van der Waals surface area (Å²) in [5.74, 6) is 0.532. The maximum Gasteiger partial charge on any atom is 0.252 e. The number of hydrogen-bond acceptors (Lipinski definition) is 5. The minimum absolute atomic E-state index is 0.0868. The van der Waals surface area contributed by atoms with Crippen LogP contribution in [0.3, 0.4) is 0 Å². The second-order valence-corrected chi connectivity index (χ2v) is 9.75. The van der Waals surface area contributed by atoms with Crippen molar-refractivity contribution in [1.29, 1.82) is 5.26 Å². The van der Waals surface area contributed by atoms with Crippen LogP contribution in [0.15, 0.2) is 47.3 Å². The number of halogens is 1. The number of aromatic nitrogens is 2. The highest BCUT2D eigenvalue weighted by molar-refractivity contribution is 5.88. The normalized spacial score (nSPS) is 20.2. The van der Waals surface area contributed by atoms with Crippen LogP contribution in [0.25, 0.3) is 11.0 Å². The van der Waals surface area contributed by atoms with Crippen LogP contribution in [-0.4, -0.2) is 35.2 Å². The standard InChI is InChI=1S/C27H30FN5O/c1-31(25-15-26(34)32(2)24-13-8-20(16-29)30-27(24)25)21-9-11-22(12-10-21)33(17-18-6-7-18)23-5-3-4-19(28)14-23/h3-5,8,13-15,18,21-22H,6-7,9-12,17H2,1-2H3/t21-,22+. The van der Waals surface area contributed by atoms with Crippen molar-refractivity contribution < 1.29 is 4.39 Å². The molecule has 0 N–H and O–H groups in total. The number of hydrogen-bond donors (Lipinski definition) is 0. The predicted molar refractivity (Wildman–Crippen MR) is 133 cm³/mol. The predicted octanol–water partition coefficient (Wildman–Crippen LogP) is 4.61. The van der Waals surface area contributed by atoms with Crippen molar-refractivity contribution in [2.45, 2.75) is 50.6 Å². The zero-order valence-electron chi connectivity index (χ0n) is 19.7. The molecule has 5 rings (SSSR count). The Kier molecular flexibility index (Phi) is 5.99. The summed E-state index contributed by atoms with van der Waals surface area (Å²) in [6.07, 6.45) is 6.50. The fraction of sp³-hybridized carbons (Fsp3) is 0.444. The molecule has 0 radical (unpaired) electrons. The van der Waals surface area contributed by atoms with E-state index in [0.29, 0.717) is 17.3 Å². The summed E-state index contributed by atoms with van der Waals surface area (Å²) in [5.41, 5.74) is 3.42. The lowest BCUT2D eigenvalue weighted by Crippen LogP contribution is -2.44. The third kappa shape index (κ3) is 4.37. The summed E-state index contributed by atoms with van der Waals surface area (Å²) < 4.78 is 15.5. The zero-order valence-corrected chi connectivity index (χ0v) is 19.7. The summed E-state index contributed by atoms with van der Waals surface area (Å²) in [6, 6.07) is 14.8. The van der Waals surface area contributed by atoms with Gasteiger partial charge in [-0.25, -0.2) is 9.37 Å². The molecule has 0 bridgehead atoms. The van der Waals surface area contributed by atoms with Gasteiger partial charge < -0.3 is 14.4 Å². The van der Waals surface area contributed by atoms with E-state index in [1.54, 1.807) is 41.9 Å². The molecule has 34 heavy (non-hydrogen) atoms. The quantitative estimate of drug-likeness (QED) is 0.539. The van der Waals surface area contributed by atoms with Gasteiger partial charge in [0.15, 0.2) is 0 Å². The van der Waals surface area contributed by atoms with Crippen LogP contribution in [0.5, 0.6) is 0 Å². The summed E-state index contributed by atoms with van der Waals surface area (Å²) >= 11 is 0. The third-order valence-electron chi connectivity index (χ3n) is 7.51. The van der Waals surface area contributed by atoms with Gasteiger partial charge in [0.25, 0.3) is 5.56 Å². The molecule has 2 aliphatic carbocycles. The Morgan fingerprint density at radius 2 is 1.82 bits per heavy atom. The van der Waals surface area contributed by atoms with Crippen LogP contribution in [-0.2, 0) is 7.05 Å². The Hall–Kier alpha value is -3.40. The van der Waals surface area contributed by atoms with Gasteiger partial charge in [-0.3, -0.25) is 4.79 Å². The van der Waals surface area contributed by atoms with Crippen LogP contribution in [0, 0.1) is 23.1 Å². The molecule has 0 atom stereocenters. The monoisotopic (exact) mass is 459 g/mol. The number of rotatable bonds is 6. The van der Waals surface area contributed by atoms with Gasteiger partial charge in [-0.15, -0.1) is 0 Å².